The van der Waals surface area contributed by atoms with E-state index in [1.165, 1.54) is 37.9 Å². The third-order valence-corrected chi connectivity index (χ3v) is 5.74. The highest BCUT2D eigenvalue weighted by molar-refractivity contribution is 7.59. The van der Waals surface area contributed by atoms with Crippen LogP contribution >= 0.6 is 24.8 Å². The van der Waals surface area contributed by atoms with Crippen LogP contribution in [0.3, 0.4) is 0 Å². The Morgan fingerprint density at radius 3 is 2.44 bits per heavy atom. The first-order valence-electron chi connectivity index (χ1n) is 9.67. The van der Waals surface area contributed by atoms with Crippen LogP contribution in [0.2, 0.25) is 0 Å². The summed E-state index contributed by atoms with van der Waals surface area (Å²) in [5.41, 5.74) is -2.69. The Morgan fingerprint density at radius 1 is 1.06 bits per heavy atom. The lowest BCUT2D eigenvalue weighted by atomic mass is 9.98. The fraction of sp³-hybridized carbons (Fsp3) is 0.200. The van der Waals surface area contributed by atoms with E-state index in [0.717, 1.165) is 22.1 Å². The van der Waals surface area contributed by atoms with Crippen LogP contribution in [-0.2, 0) is 12.4 Å². The fourth-order valence-electron chi connectivity index (χ4n) is 3.11. The lowest BCUT2D eigenvalue weighted by Gasteiger charge is -2.20. The summed E-state index contributed by atoms with van der Waals surface area (Å²) in [5.74, 6) is -0.643. The maximum absolute atomic E-state index is 13.5. The molecule has 0 bridgehead atoms. The number of carbonyl (C=O) groups excluding carboxylic acids is 1. The first-order valence-corrected chi connectivity index (χ1v) is 10.5. The molecule has 0 radical (unpaired) electrons. The van der Waals surface area contributed by atoms with Gasteiger partial charge in [-0.15, -0.1) is 10.2 Å². The molecule has 0 fully saturated rings. The van der Waals surface area contributed by atoms with Gasteiger partial charge in [-0.25, -0.2) is 0 Å². The highest BCUT2D eigenvalue weighted by Crippen LogP contribution is 2.39. The molecule has 0 aliphatic rings. The standard InChI is InChI=1S/C20H13F6N7OS.H2S/c1-10(13-3-2-11(19(21,22)23)6-14(13)20(24,25)26)33-9-12(7-29-33)30-16(34)18-32-31-17(35-18)15-8-27-4-5-28-15;/h2-10H,1H3,(H,30,34);1H2/t10-;/m0./s1. The molecule has 0 aliphatic carbocycles. The van der Waals surface area contributed by atoms with Crippen LogP contribution in [0.5, 0.6) is 0 Å². The predicted molar refractivity (Wildman–Crippen MR) is 122 cm³/mol. The molecular weight excluding hydrogens is 532 g/mol. The topological polar surface area (TPSA) is 98.5 Å². The molecule has 4 rings (SSSR count). The molecule has 0 unspecified atom stereocenters. The summed E-state index contributed by atoms with van der Waals surface area (Å²) < 4.78 is 80.4. The summed E-state index contributed by atoms with van der Waals surface area (Å²) in [4.78, 5) is 20.5. The second-order valence-corrected chi connectivity index (χ2v) is 8.12. The highest BCUT2D eigenvalue weighted by atomic mass is 32.1. The Kier molecular flexibility index (Phi) is 7.68. The van der Waals surface area contributed by atoms with Gasteiger partial charge in [-0.2, -0.15) is 44.9 Å². The largest absolute Gasteiger partial charge is 0.416 e. The van der Waals surface area contributed by atoms with E-state index in [1.807, 2.05) is 0 Å². The Morgan fingerprint density at radius 2 is 1.81 bits per heavy atom. The number of carbonyl (C=O) groups is 1. The molecule has 16 heteroatoms. The van der Waals surface area contributed by atoms with E-state index in [9.17, 15) is 31.1 Å². The number of hydrogen-bond donors (Lipinski definition) is 1. The van der Waals surface area contributed by atoms with E-state index >= 15 is 0 Å². The van der Waals surface area contributed by atoms with Crippen LogP contribution in [0, 0.1) is 0 Å². The number of rotatable bonds is 5. The molecule has 190 valence electrons. The summed E-state index contributed by atoms with van der Waals surface area (Å²) >= 11 is 0.950. The number of nitrogens with one attached hydrogen (secondary N) is 1. The van der Waals surface area contributed by atoms with Gasteiger partial charge in [0.15, 0.2) is 5.01 Å². The van der Waals surface area contributed by atoms with E-state index in [4.69, 9.17) is 0 Å². The zero-order valence-electron chi connectivity index (χ0n) is 18.0. The van der Waals surface area contributed by atoms with Gasteiger partial charge in [0.25, 0.3) is 5.91 Å². The van der Waals surface area contributed by atoms with E-state index in [1.54, 1.807) is 0 Å². The number of anilines is 1. The van der Waals surface area contributed by atoms with Gasteiger partial charge in [0.2, 0.25) is 5.01 Å². The lowest BCUT2D eigenvalue weighted by molar-refractivity contribution is -0.143. The SMILES string of the molecule is C[C@@H](c1ccc(C(F)(F)F)cc1C(F)(F)F)n1cc(NC(=O)c2nnc(-c3cnccn3)s2)cn1.S. The van der Waals surface area contributed by atoms with Crippen molar-refractivity contribution < 1.29 is 31.1 Å². The third-order valence-electron chi connectivity index (χ3n) is 4.79. The molecule has 1 aromatic carbocycles. The van der Waals surface area contributed by atoms with Crippen LogP contribution in [-0.4, -0.2) is 35.9 Å². The van der Waals surface area contributed by atoms with Crippen LogP contribution in [0.4, 0.5) is 32.0 Å². The molecule has 0 aliphatic heterocycles. The van der Waals surface area contributed by atoms with Gasteiger partial charge in [0.05, 0.1) is 35.2 Å². The molecule has 0 saturated heterocycles. The van der Waals surface area contributed by atoms with Gasteiger partial charge in [-0.05, 0) is 24.6 Å². The van der Waals surface area contributed by atoms with Crippen molar-refractivity contribution in [2.24, 2.45) is 0 Å². The fourth-order valence-corrected chi connectivity index (χ4v) is 3.81. The van der Waals surface area contributed by atoms with Crippen molar-refractivity contribution in [3.05, 3.63) is 70.9 Å². The zero-order chi connectivity index (χ0) is 25.4. The molecule has 1 atom stereocenters. The number of amides is 1. The van der Waals surface area contributed by atoms with Crippen LogP contribution in [0.1, 0.15) is 39.5 Å². The lowest BCUT2D eigenvalue weighted by Crippen LogP contribution is -2.17. The van der Waals surface area contributed by atoms with E-state index in [-0.39, 0.29) is 30.3 Å². The smallest absolute Gasteiger partial charge is 0.317 e. The average Bonchev–Trinajstić information content (AvgIpc) is 3.48. The van der Waals surface area contributed by atoms with Gasteiger partial charge < -0.3 is 5.32 Å². The first kappa shape index (κ1) is 27.1. The average molecular weight is 548 g/mol. The summed E-state index contributed by atoms with van der Waals surface area (Å²) in [6.45, 7) is 1.34. The summed E-state index contributed by atoms with van der Waals surface area (Å²) in [5, 5.41) is 14.5. The van der Waals surface area contributed by atoms with Gasteiger partial charge in [0.1, 0.15) is 5.69 Å². The maximum Gasteiger partial charge on any atom is 0.416 e. The number of benzene rings is 1. The Labute approximate surface area is 209 Å². The van der Waals surface area contributed by atoms with Crippen LogP contribution in [0.15, 0.2) is 49.2 Å². The third kappa shape index (κ3) is 5.81. The molecule has 3 aromatic heterocycles. The zero-order valence-corrected chi connectivity index (χ0v) is 19.8. The monoisotopic (exact) mass is 547 g/mol. The number of halogens is 6. The number of nitrogens with zero attached hydrogens (tertiary/aromatic N) is 6. The van der Waals surface area contributed by atoms with Gasteiger partial charge in [-0.1, -0.05) is 17.4 Å². The normalized spacial score (nSPS) is 12.6. The molecule has 1 amide bonds. The van der Waals surface area contributed by atoms with Crippen molar-refractivity contribution in [1.82, 2.24) is 29.9 Å². The van der Waals surface area contributed by atoms with Crippen molar-refractivity contribution >= 4 is 36.4 Å². The first-order chi connectivity index (χ1) is 16.4. The second kappa shape index (κ2) is 10.2. The molecule has 8 nitrogen and oxygen atoms in total. The van der Waals surface area contributed by atoms with E-state index in [0.29, 0.717) is 16.8 Å². The number of hydrogen-bond acceptors (Lipinski definition) is 7. The van der Waals surface area contributed by atoms with Gasteiger partial charge >= 0.3 is 12.4 Å². The van der Waals surface area contributed by atoms with E-state index < -0.39 is 41.0 Å². The van der Waals surface area contributed by atoms with Crippen LogP contribution in [0.25, 0.3) is 10.7 Å². The summed E-state index contributed by atoms with van der Waals surface area (Å²) in [7, 11) is 0. The van der Waals surface area contributed by atoms with Gasteiger partial charge in [-0.3, -0.25) is 19.4 Å². The molecular formula is C20H15F6N7OS2. The Hall–Kier alpha value is -3.53. The minimum absolute atomic E-state index is 0. The highest BCUT2D eigenvalue weighted by Gasteiger charge is 2.39. The molecule has 4 aromatic rings. The van der Waals surface area contributed by atoms with Crippen molar-refractivity contribution in [2.75, 3.05) is 5.32 Å². The van der Waals surface area contributed by atoms with E-state index in [2.05, 4.69) is 30.6 Å². The summed E-state index contributed by atoms with van der Waals surface area (Å²) in [6, 6.07) is 0.329. The summed E-state index contributed by atoms with van der Waals surface area (Å²) in [6.07, 6.45) is -3.13. The minimum Gasteiger partial charge on any atom is -0.317 e. The molecule has 0 spiro atoms. The minimum atomic E-state index is -5.02. The van der Waals surface area contributed by atoms with Crippen molar-refractivity contribution in [3.8, 4) is 10.7 Å². The second-order valence-electron chi connectivity index (χ2n) is 7.14. The molecule has 36 heavy (non-hydrogen) atoms. The van der Waals surface area contributed by atoms with Crippen molar-refractivity contribution in [1.29, 1.82) is 0 Å². The quantitative estimate of drug-likeness (QED) is 0.345. The van der Waals surface area contributed by atoms with Crippen LogP contribution < -0.4 is 5.32 Å². The maximum atomic E-state index is 13.5. The molecule has 0 saturated carbocycles. The molecule has 1 N–H and O–H groups in total. The van der Waals surface area contributed by atoms with Crippen molar-refractivity contribution in [3.63, 3.8) is 0 Å². The number of alkyl halides is 6. The van der Waals surface area contributed by atoms with Crippen molar-refractivity contribution in [2.45, 2.75) is 25.3 Å². The van der Waals surface area contributed by atoms with Gasteiger partial charge in [0, 0.05) is 18.6 Å². The Balaban J connectivity index is 0.00000361. The predicted octanol–water partition coefficient (Wildman–Crippen LogP) is 5.20. The number of aromatic nitrogens is 6. The molecule has 3 heterocycles. The Bertz CT molecular complexity index is 1350.